The number of hydrogen-bond acceptors (Lipinski definition) is 5. The Morgan fingerprint density at radius 1 is 1.19 bits per heavy atom. The van der Waals surface area contributed by atoms with Crippen molar-refractivity contribution in [2.45, 2.75) is 39.0 Å². The van der Waals surface area contributed by atoms with Crippen LogP contribution in [0.4, 0.5) is 14.6 Å². The maximum absolute atomic E-state index is 13.1. The number of pyridine rings is 3. The number of carbonyl (C=O) groups is 2. The zero-order valence-electron chi connectivity index (χ0n) is 17.9. The van der Waals surface area contributed by atoms with Gasteiger partial charge in [-0.2, -0.15) is 0 Å². The quantitative estimate of drug-likeness (QED) is 0.587. The number of aromatic nitrogens is 3. The SMILES string of the molecule is CCCC(=O)c1cc(C)c(-c2cc3cnc(NC(=O)C4CC4(F)F)cc3n(C)c2=O)cn1. The van der Waals surface area contributed by atoms with Gasteiger partial charge in [-0.25, -0.2) is 13.8 Å². The Labute approximate surface area is 182 Å². The van der Waals surface area contributed by atoms with Gasteiger partial charge in [-0.05, 0) is 31.0 Å². The molecule has 1 unspecified atom stereocenters. The Balaban J connectivity index is 1.69. The molecule has 1 N–H and O–H groups in total. The Bertz CT molecular complexity index is 1320. The van der Waals surface area contributed by atoms with Crippen molar-refractivity contribution in [1.82, 2.24) is 14.5 Å². The molecule has 0 aromatic carbocycles. The first kappa shape index (κ1) is 21.7. The summed E-state index contributed by atoms with van der Waals surface area (Å²) in [6.07, 6.45) is 3.67. The number of anilines is 1. The smallest absolute Gasteiger partial charge is 0.260 e. The van der Waals surface area contributed by atoms with Crippen LogP contribution in [0.15, 0.2) is 35.4 Å². The zero-order chi connectivity index (χ0) is 23.2. The van der Waals surface area contributed by atoms with Gasteiger partial charge in [0.1, 0.15) is 17.4 Å². The van der Waals surface area contributed by atoms with Crippen LogP contribution in [-0.4, -0.2) is 32.1 Å². The highest BCUT2D eigenvalue weighted by molar-refractivity contribution is 5.96. The van der Waals surface area contributed by atoms with E-state index in [1.165, 1.54) is 23.0 Å². The van der Waals surface area contributed by atoms with E-state index >= 15 is 0 Å². The standard InChI is InChI=1S/C23H22F2N4O3/c1-4-5-19(30)17-6-12(2)15(11-26-17)14-7-13-10-27-20(8-18(13)29(3)22(14)32)28-21(31)16-9-23(16,24)25/h6-8,10-11,16H,4-5,9H2,1-3H3,(H,27,28,31). The Hall–Kier alpha value is -3.49. The normalized spacial score (nSPS) is 16.7. The summed E-state index contributed by atoms with van der Waals surface area (Å²) in [6.45, 7) is 3.73. The number of nitrogens with zero attached hydrogens (tertiary/aromatic N) is 3. The van der Waals surface area contributed by atoms with E-state index in [2.05, 4.69) is 15.3 Å². The Kier molecular flexibility index (Phi) is 5.36. The topological polar surface area (TPSA) is 94.0 Å². The lowest BCUT2D eigenvalue weighted by Gasteiger charge is -2.12. The summed E-state index contributed by atoms with van der Waals surface area (Å²) in [6, 6.07) is 4.83. The molecule has 1 amide bonds. The van der Waals surface area contributed by atoms with E-state index in [-0.39, 0.29) is 17.2 Å². The number of rotatable bonds is 6. The van der Waals surface area contributed by atoms with Crippen molar-refractivity contribution < 1.29 is 18.4 Å². The number of Topliss-reactive ketones (excluding diaryl/α,β-unsaturated/α-hetero) is 1. The fraction of sp³-hybridized carbons (Fsp3) is 0.348. The van der Waals surface area contributed by atoms with Crippen LogP contribution in [0.2, 0.25) is 0 Å². The Morgan fingerprint density at radius 2 is 1.91 bits per heavy atom. The van der Waals surface area contributed by atoms with E-state index in [9.17, 15) is 23.2 Å². The molecular weight excluding hydrogens is 418 g/mol. The van der Waals surface area contributed by atoms with E-state index in [1.807, 2.05) is 13.8 Å². The van der Waals surface area contributed by atoms with Gasteiger partial charge in [0.2, 0.25) is 5.91 Å². The lowest BCUT2D eigenvalue weighted by atomic mass is 10.0. The van der Waals surface area contributed by atoms with Crippen molar-refractivity contribution in [3.8, 4) is 11.1 Å². The third-order valence-corrected chi connectivity index (χ3v) is 5.67. The zero-order valence-corrected chi connectivity index (χ0v) is 17.9. The largest absolute Gasteiger partial charge is 0.311 e. The van der Waals surface area contributed by atoms with Crippen LogP contribution in [0.1, 0.15) is 42.2 Å². The van der Waals surface area contributed by atoms with Crippen LogP contribution in [0.5, 0.6) is 0 Å². The van der Waals surface area contributed by atoms with Crippen molar-refractivity contribution in [3.63, 3.8) is 0 Å². The van der Waals surface area contributed by atoms with Crippen LogP contribution in [0.3, 0.4) is 0 Å². The maximum Gasteiger partial charge on any atom is 0.260 e. The second-order valence-corrected chi connectivity index (χ2v) is 8.12. The maximum atomic E-state index is 13.1. The third kappa shape index (κ3) is 3.90. The molecule has 0 radical (unpaired) electrons. The minimum Gasteiger partial charge on any atom is -0.311 e. The minimum absolute atomic E-state index is 0.0451. The number of halogens is 2. The highest BCUT2D eigenvalue weighted by Crippen LogP contribution is 2.49. The fourth-order valence-electron chi connectivity index (χ4n) is 3.68. The first-order chi connectivity index (χ1) is 15.1. The molecule has 1 fully saturated rings. The summed E-state index contributed by atoms with van der Waals surface area (Å²) < 4.78 is 27.6. The Morgan fingerprint density at radius 3 is 2.53 bits per heavy atom. The molecule has 9 heteroatoms. The van der Waals surface area contributed by atoms with Crippen molar-refractivity contribution in [1.29, 1.82) is 0 Å². The lowest BCUT2D eigenvalue weighted by Crippen LogP contribution is -2.21. The van der Waals surface area contributed by atoms with Gasteiger partial charge in [0.15, 0.2) is 5.78 Å². The van der Waals surface area contributed by atoms with Gasteiger partial charge in [-0.3, -0.25) is 19.4 Å². The predicted octanol–water partition coefficient (Wildman–Crippen LogP) is 3.88. The molecule has 1 atom stereocenters. The van der Waals surface area contributed by atoms with Crippen LogP contribution in [-0.2, 0) is 11.8 Å². The first-order valence-electron chi connectivity index (χ1n) is 10.3. The van der Waals surface area contributed by atoms with Gasteiger partial charge in [-0.15, -0.1) is 0 Å². The summed E-state index contributed by atoms with van der Waals surface area (Å²) in [5.41, 5.74) is 2.32. The molecule has 1 aliphatic rings. The average Bonchev–Trinajstić information content (AvgIpc) is 3.40. The molecule has 1 saturated carbocycles. The average molecular weight is 440 g/mol. The molecule has 0 spiro atoms. The van der Waals surface area contributed by atoms with Gasteiger partial charge in [0.05, 0.1) is 5.52 Å². The van der Waals surface area contributed by atoms with Crippen molar-refractivity contribution >= 4 is 28.4 Å². The van der Waals surface area contributed by atoms with Crippen LogP contribution in [0.25, 0.3) is 22.0 Å². The number of aryl methyl sites for hydroxylation is 2. The number of carbonyl (C=O) groups excluding carboxylic acids is 2. The third-order valence-electron chi connectivity index (χ3n) is 5.67. The summed E-state index contributed by atoms with van der Waals surface area (Å²) in [7, 11) is 1.58. The number of nitrogens with one attached hydrogen (secondary N) is 1. The lowest BCUT2D eigenvalue weighted by molar-refractivity contribution is -0.119. The first-order valence-corrected chi connectivity index (χ1v) is 10.3. The van der Waals surface area contributed by atoms with Gasteiger partial charge in [0.25, 0.3) is 11.5 Å². The van der Waals surface area contributed by atoms with Gasteiger partial charge in [-0.1, -0.05) is 6.92 Å². The molecule has 32 heavy (non-hydrogen) atoms. The van der Waals surface area contributed by atoms with Crippen LogP contribution >= 0.6 is 0 Å². The van der Waals surface area contributed by atoms with E-state index in [0.29, 0.717) is 34.1 Å². The molecular formula is C23H22F2N4O3. The molecule has 166 valence electrons. The minimum atomic E-state index is -2.97. The van der Waals surface area contributed by atoms with Gasteiger partial charge in [0, 0.05) is 54.9 Å². The van der Waals surface area contributed by atoms with E-state index in [1.54, 1.807) is 19.2 Å². The fourth-order valence-corrected chi connectivity index (χ4v) is 3.68. The van der Waals surface area contributed by atoms with Crippen molar-refractivity contribution in [3.05, 3.63) is 52.2 Å². The summed E-state index contributed by atoms with van der Waals surface area (Å²) in [5, 5.41) is 3.02. The number of hydrogen-bond donors (Lipinski definition) is 1. The van der Waals surface area contributed by atoms with Crippen molar-refractivity contribution in [2.75, 3.05) is 5.32 Å². The van der Waals surface area contributed by atoms with E-state index in [0.717, 1.165) is 12.0 Å². The molecule has 7 nitrogen and oxygen atoms in total. The molecule has 3 aromatic heterocycles. The van der Waals surface area contributed by atoms with Crippen molar-refractivity contribution in [2.24, 2.45) is 13.0 Å². The number of ketones is 1. The van der Waals surface area contributed by atoms with E-state index in [4.69, 9.17) is 0 Å². The highest BCUT2D eigenvalue weighted by atomic mass is 19.3. The van der Waals surface area contributed by atoms with Gasteiger partial charge >= 0.3 is 0 Å². The van der Waals surface area contributed by atoms with Gasteiger partial charge < -0.3 is 9.88 Å². The summed E-state index contributed by atoms with van der Waals surface area (Å²) in [5.74, 6) is -5.04. The second kappa shape index (κ2) is 7.89. The molecule has 0 saturated heterocycles. The molecule has 3 heterocycles. The summed E-state index contributed by atoms with van der Waals surface area (Å²) in [4.78, 5) is 45.5. The van der Waals surface area contributed by atoms with Crippen LogP contribution < -0.4 is 10.9 Å². The molecule has 4 rings (SSSR count). The molecule has 0 bridgehead atoms. The molecule has 0 aliphatic heterocycles. The summed E-state index contributed by atoms with van der Waals surface area (Å²) >= 11 is 0. The highest BCUT2D eigenvalue weighted by Gasteiger charge is 2.61. The number of alkyl halides is 2. The molecule has 3 aromatic rings. The number of fused-ring (bicyclic) bond motifs is 1. The second-order valence-electron chi connectivity index (χ2n) is 8.12. The van der Waals surface area contributed by atoms with Crippen LogP contribution in [0, 0.1) is 12.8 Å². The predicted molar refractivity (Wildman–Crippen MR) is 116 cm³/mol. The number of amides is 1. The van der Waals surface area contributed by atoms with E-state index < -0.39 is 24.2 Å². The molecule has 1 aliphatic carbocycles. The monoisotopic (exact) mass is 440 g/mol.